The van der Waals surface area contributed by atoms with Crippen LogP contribution in [0.3, 0.4) is 0 Å². The molecule has 0 aromatic heterocycles. The molecule has 0 aromatic rings. The molecule has 5 atom stereocenters. The lowest BCUT2D eigenvalue weighted by atomic mass is 9.95. The van der Waals surface area contributed by atoms with E-state index in [1.807, 2.05) is 0 Å². The fourth-order valence-electron chi connectivity index (χ4n) is 1.44. The highest BCUT2D eigenvalue weighted by Gasteiger charge is 2.65. The van der Waals surface area contributed by atoms with Crippen molar-refractivity contribution in [3.05, 3.63) is 0 Å². The number of hydrogen-bond donors (Lipinski definition) is 5. The minimum atomic E-state index is -1.51. The van der Waals surface area contributed by atoms with Crippen molar-refractivity contribution < 1.29 is 30.0 Å². The molecule has 7 heteroatoms. The Balaban J connectivity index is 2.16. The summed E-state index contributed by atoms with van der Waals surface area (Å²) in [6.45, 7) is -0.423. The molecule has 13 heavy (non-hydrogen) atoms. The summed E-state index contributed by atoms with van der Waals surface area (Å²) in [5, 5.41) is 36.6. The van der Waals surface area contributed by atoms with Crippen LogP contribution < -0.4 is 5.48 Å². The van der Waals surface area contributed by atoms with Crippen LogP contribution in [0, 0.1) is 0 Å². The first-order valence-corrected chi connectivity index (χ1v) is 3.87. The van der Waals surface area contributed by atoms with Crippen molar-refractivity contribution in [2.24, 2.45) is 0 Å². The Morgan fingerprint density at radius 1 is 1.31 bits per heavy atom. The first kappa shape index (κ1) is 9.28. The highest BCUT2D eigenvalue weighted by Crippen LogP contribution is 2.37. The van der Waals surface area contributed by atoms with Gasteiger partial charge in [0.2, 0.25) is 5.72 Å². The second kappa shape index (κ2) is 2.85. The molecule has 0 amide bonds. The van der Waals surface area contributed by atoms with Crippen LogP contribution in [0.1, 0.15) is 0 Å². The molecule has 5 N–H and O–H groups in total. The van der Waals surface area contributed by atoms with Crippen molar-refractivity contribution in [2.45, 2.75) is 30.3 Å². The van der Waals surface area contributed by atoms with E-state index in [2.05, 4.69) is 5.48 Å². The smallest absolute Gasteiger partial charge is 0.218 e. The topological polar surface area (TPSA) is 125 Å². The van der Waals surface area contributed by atoms with Gasteiger partial charge in [-0.15, -0.1) is 0 Å². The van der Waals surface area contributed by atoms with E-state index < -0.39 is 36.9 Å². The van der Waals surface area contributed by atoms with Crippen LogP contribution in [-0.2, 0) is 9.57 Å². The number of nitrogens with one attached hydrogen (secondary N) is 1. The fraction of sp³-hybridized carbons (Fsp3) is 1.00. The summed E-state index contributed by atoms with van der Waals surface area (Å²) in [6.07, 6.45) is -5.17. The lowest BCUT2D eigenvalue weighted by Gasteiger charge is -2.37. The van der Waals surface area contributed by atoms with Gasteiger partial charge in [-0.1, -0.05) is 0 Å². The van der Waals surface area contributed by atoms with Gasteiger partial charge in [-0.05, 0) is 0 Å². The van der Waals surface area contributed by atoms with E-state index in [4.69, 9.17) is 19.8 Å². The minimum absolute atomic E-state index is 0.423. The average Bonchev–Trinajstić information content (AvgIpc) is 2.90. The first-order valence-electron chi connectivity index (χ1n) is 3.87. The molecule has 0 aliphatic carbocycles. The summed E-state index contributed by atoms with van der Waals surface area (Å²) >= 11 is 0. The molecule has 0 saturated carbocycles. The number of aliphatic hydroxyl groups is 4. The number of aliphatic hydroxyl groups excluding tert-OH is 4. The predicted octanol–water partition coefficient (Wildman–Crippen LogP) is -3.35. The molecule has 2 aliphatic rings. The molecule has 0 unspecified atom stereocenters. The third kappa shape index (κ3) is 1.17. The van der Waals surface area contributed by atoms with E-state index in [0.29, 0.717) is 0 Å². The predicted molar refractivity (Wildman–Crippen MR) is 36.9 cm³/mol. The highest BCUT2D eigenvalue weighted by atomic mass is 16.8. The maximum absolute atomic E-state index is 9.45. The molecule has 0 radical (unpaired) electrons. The molecule has 2 fully saturated rings. The Morgan fingerprint density at radius 2 is 1.92 bits per heavy atom. The number of hydroxylamine groups is 1. The zero-order valence-electron chi connectivity index (χ0n) is 6.62. The molecule has 2 heterocycles. The van der Waals surface area contributed by atoms with Crippen LogP contribution in [0.5, 0.6) is 0 Å². The van der Waals surface area contributed by atoms with Gasteiger partial charge in [0.15, 0.2) is 6.29 Å². The lowest BCUT2D eigenvalue weighted by Crippen LogP contribution is -2.62. The maximum atomic E-state index is 9.45. The lowest BCUT2D eigenvalue weighted by molar-refractivity contribution is -0.278. The minimum Gasteiger partial charge on any atom is -0.393 e. The summed E-state index contributed by atoms with van der Waals surface area (Å²) in [4.78, 5) is 4.72. The molecule has 76 valence electrons. The van der Waals surface area contributed by atoms with E-state index in [-0.39, 0.29) is 0 Å². The molecule has 0 bridgehead atoms. The maximum Gasteiger partial charge on any atom is 0.218 e. The second-order valence-corrected chi connectivity index (χ2v) is 3.13. The zero-order chi connectivity index (χ0) is 9.64. The molecular formula is C6H11NO6. The quantitative estimate of drug-likeness (QED) is 0.275. The highest BCUT2D eigenvalue weighted by molar-refractivity contribution is 5.05. The summed E-state index contributed by atoms with van der Waals surface area (Å²) in [6, 6.07) is 0. The SMILES string of the molecule is OC[C@H]1O[C@H](O)[C@@H](O)[C@@H](O)[C@@]12NO2. The van der Waals surface area contributed by atoms with E-state index >= 15 is 0 Å². The molecular weight excluding hydrogens is 182 g/mol. The van der Waals surface area contributed by atoms with E-state index in [1.165, 1.54) is 0 Å². The van der Waals surface area contributed by atoms with Gasteiger partial charge in [0.05, 0.1) is 6.61 Å². The molecule has 1 spiro atoms. The van der Waals surface area contributed by atoms with E-state index in [1.54, 1.807) is 0 Å². The van der Waals surface area contributed by atoms with Crippen molar-refractivity contribution in [2.75, 3.05) is 6.61 Å². The molecule has 0 aromatic carbocycles. The van der Waals surface area contributed by atoms with Crippen LogP contribution >= 0.6 is 0 Å². The Bertz CT molecular complexity index is 203. The Morgan fingerprint density at radius 3 is 2.38 bits per heavy atom. The van der Waals surface area contributed by atoms with E-state index in [0.717, 1.165) is 0 Å². The van der Waals surface area contributed by atoms with Crippen molar-refractivity contribution >= 4 is 0 Å². The van der Waals surface area contributed by atoms with Crippen LogP contribution in [0.4, 0.5) is 0 Å². The number of hydrogen-bond acceptors (Lipinski definition) is 7. The van der Waals surface area contributed by atoms with Gasteiger partial charge in [-0.25, -0.2) is 0 Å². The third-order valence-electron chi connectivity index (χ3n) is 2.34. The van der Waals surface area contributed by atoms with E-state index in [9.17, 15) is 10.2 Å². The normalized spacial score (nSPS) is 55.4. The van der Waals surface area contributed by atoms with Crippen LogP contribution in [0.15, 0.2) is 0 Å². The van der Waals surface area contributed by atoms with Crippen molar-refractivity contribution in [1.82, 2.24) is 5.48 Å². The second-order valence-electron chi connectivity index (χ2n) is 3.13. The Kier molecular flexibility index (Phi) is 2.04. The summed E-state index contributed by atoms with van der Waals surface area (Å²) in [5.41, 5.74) is 1.07. The monoisotopic (exact) mass is 193 g/mol. The average molecular weight is 193 g/mol. The number of ether oxygens (including phenoxy) is 1. The molecule has 2 saturated heterocycles. The van der Waals surface area contributed by atoms with Gasteiger partial charge in [0.25, 0.3) is 0 Å². The standard InChI is InChI=1S/C6H11NO6/c8-1-2-6(7-13-6)4(10)3(9)5(11)12-2/h2-5,7-11H,1H2/t2-,3+,4-,5+,6-/m1/s1. The molecule has 2 aliphatic heterocycles. The van der Waals surface area contributed by atoms with Gasteiger partial charge in [0, 0.05) is 0 Å². The summed E-state index contributed by atoms with van der Waals surface area (Å²) in [5.74, 6) is 0. The molecule has 7 nitrogen and oxygen atoms in total. The van der Waals surface area contributed by atoms with Gasteiger partial charge in [-0.3, -0.25) is 4.84 Å². The van der Waals surface area contributed by atoms with Crippen LogP contribution in [-0.4, -0.2) is 57.4 Å². The van der Waals surface area contributed by atoms with Gasteiger partial charge >= 0.3 is 0 Å². The summed E-state index contributed by atoms with van der Waals surface area (Å²) in [7, 11) is 0. The van der Waals surface area contributed by atoms with Gasteiger partial charge < -0.3 is 25.2 Å². The zero-order valence-corrected chi connectivity index (χ0v) is 6.62. The van der Waals surface area contributed by atoms with Gasteiger partial charge in [-0.2, -0.15) is 5.48 Å². The van der Waals surface area contributed by atoms with Crippen molar-refractivity contribution in [1.29, 1.82) is 0 Å². The van der Waals surface area contributed by atoms with Crippen LogP contribution in [0.25, 0.3) is 0 Å². The van der Waals surface area contributed by atoms with Gasteiger partial charge in [0.1, 0.15) is 18.3 Å². The Labute approximate surface area is 73.5 Å². The largest absolute Gasteiger partial charge is 0.393 e. The van der Waals surface area contributed by atoms with Crippen molar-refractivity contribution in [3.8, 4) is 0 Å². The Hall–Kier alpha value is -0.280. The van der Waals surface area contributed by atoms with Crippen LogP contribution in [0.2, 0.25) is 0 Å². The fourth-order valence-corrected chi connectivity index (χ4v) is 1.44. The summed E-state index contributed by atoms with van der Waals surface area (Å²) < 4.78 is 4.80. The first-order chi connectivity index (χ1) is 6.12. The molecule has 2 rings (SSSR count). The third-order valence-corrected chi connectivity index (χ3v) is 2.34. The number of rotatable bonds is 1. The van der Waals surface area contributed by atoms with Crippen molar-refractivity contribution in [3.63, 3.8) is 0 Å².